The summed E-state index contributed by atoms with van der Waals surface area (Å²) in [6.45, 7) is 17.9. The minimum atomic E-state index is 0. The van der Waals surface area contributed by atoms with Crippen molar-refractivity contribution in [1.82, 2.24) is 20.0 Å². The molecule has 1 unspecified atom stereocenters. The van der Waals surface area contributed by atoms with Gasteiger partial charge in [-0.2, -0.15) is 0 Å². The average molecular weight is 571 g/mol. The van der Waals surface area contributed by atoms with Crippen molar-refractivity contribution in [2.24, 2.45) is 4.99 Å². The first-order chi connectivity index (χ1) is 15.7. The van der Waals surface area contributed by atoms with Gasteiger partial charge in [0.1, 0.15) is 0 Å². The van der Waals surface area contributed by atoms with E-state index >= 15 is 0 Å². The van der Waals surface area contributed by atoms with Gasteiger partial charge < -0.3 is 19.9 Å². The molecule has 7 nitrogen and oxygen atoms in total. The highest BCUT2D eigenvalue weighted by molar-refractivity contribution is 14.0. The van der Waals surface area contributed by atoms with Gasteiger partial charge in [0, 0.05) is 83.7 Å². The molecule has 4 rings (SSSR count). The molecule has 3 aliphatic rings. The monoisotopic (exact) mass is 570 g/mol. The summed E-state index contributed by atoms with van der Waals surface area (Å²) in [5.74, 6) is 1.10. The van der Waals surface area contributed by atoms with E-state index in [1.54, 1.807) is 0 Å². The Morgan fingerprint density at radius 2 is 1.88 bits per heavy atom. The number of benzene rings is 1. The Balaban J connectivity index is 0.00000306. The number of nitrogens with one attached hydrogen (secondary N) is 1. The van der Waals surface area contributed by atoms with Crippen LogP contribution >= 0.6 is 24.0 Å². The Kier molecular flexibility index (Phi) is 11.0. The molecule has 0 spiro atoms. The van der Waals surface area contributed by atoms with Crippen LogP contribution in [0, 0.1) is 6.92 Å². The van der Waals surface area contributed by atoms with Gasteiger partial charge in [-0.25, -0.2) is 0 Å². The van der Waals surface area contributed by atoms with Gasteiger partial charge in [-0.05, 0) is 44.4 Å². The molecule has 0 saturated carbocycles. The predicted molar refractivity (Wildman–Crippen MR) is 148 cm³/mol. The molecular weight excluding hydrogens is 527 g/mol. The van der Waals surface area contributed by atoms with E-state index in [0.29, 0.717) is 6.04 Å². The number of likely N-dealkylation sites (tertiary alicyclic amines) is 1. The molecule has 0 radical (unpaired) electrons. The lowest BCUT2D eigenvalue weighted by Crippen LogP contribution is -2.47. The van der Waals surface area contributed by atoms with Gasteiger partial charge in [-0.3, -0.25) is 14.8 Å². The summed E-state index contributed by atoms with van der Waals surface area (Å²) in [5.41, 5.74) is 2.71. The van der Waals surface area contributed by atoms with Crippen molar-refractivity contribution < 1.29 is 4.74 Å². The van der Waals surface area contributed by atoms with E-state index in [0.717, 1.165) is 97.6 Å². The van der Waals surface area contributed by atoms with Crippen LogP contribution in [0.15, 0.2) is 29.3 Å². The van der Waals surface area contributed by atoms with Gasteiger partial charge in [0.15, 0.2) is 5.96 Å². The maximum Gasteiger partial charge on any atom is 0.193 e. The first-order valence-electron chi connectivity index (χ1n) is 12.6. The Bertz CT molecular complexity index is 733. The van der Waals surface area contributed by atoms with Crippen LogP contribution in [0.1, 0.15) is 25.3 Å². The normalized spacial score (nSPS) is 23.0. The first-order valence-corrected chi connectivity index (χ1v) is 12.6. The first kappa shape index (κ1) is 26.5. The fraction of sp³-hybridized carbons (Fsp3) is 0.720. The predicted octanol–water partition coefficient (Wildman–Crippen LogP) is 2.50. The fourth-order valence-electron chi connectivity index (χ4n) is 5.13. The lowest BCUT2D eigenvalue weighted by molar-refractivity contribution is 0.0195. The minimum absolute atomic E-state index is 0. The van der Waals surface area contributed by atoms with Gasteiger partial charge in [-0.1, -0.05) is 12.1 Å². The summed E-state index contributed by atoms with van der Waals surface area (Å²) < 4.78 is 5.52. The molecule has 0 aliphatic carbocycles. The number of hydrogen-bond donors (Lipinski definition) is 1. The van der Waals surface area contributed by atoms with Crippen molar-refractivity contribution in [3.63, 3.8) is 0 Å². The van der Waals surface area contributed by atoms with Crippen molar-refractivity contribution in [3.05, 3.63) is 29.8 Å². The van der Waals surface area contributed by atoms with Gasteiger partial charge in [0.25, 0.3) is 0 Å². The van der Waals surface area contributed by atoms with E-state index in [-0.39, 0.29) is 24.0 Å². The van der Waals surface area contributed by atoms with Crippen molar-refractivity contribution >= 4 is 35.6 Å². The molecule has 1 aromatic rings. The molecule has 0 amide bonds. The molecule has 3 aliphatic heterocycles. The van der Waals surface area contributed by atoms with Crippen molar-refractivity contribution in [1.29, 1.82) is 0 Å². The molecule has 3 saturated heterocycles. The molecule has 1 atom stereocenters. The molecule has 33 heavy (non-hydrogen) atoms. The van der Waals surface area contributed by atoms with Crippen molar-refractivity contribution in [2.75, 3.05) is 90.1 Å². The summed E-state index contributed by atoms with van der Waals surface area (Å²) in [6.07, 6.45) is 2.36. The Labute approximate surface area is 217 Å². The molecule has 8 heteroatoms. The number of guanidine groups is 1. The average Bonchev–Trinajstić information content (AvgIpc) is 3.32. The third kappa shape index (κ3) is 7.70. The second kappa shape index (κ2) is 13.7. The summed E-state index contributed by atoms with van der Waals surface area (Å²) in [4.78, 5) is 15.2. The second-order valence-corrected chi connectivity index (χ2v) is 9.29. The molecule has 0 aromatic heterocycles. The van der Waals surface area contributed by atoms with Crippen LogP contribution in [0.25, 0.3) is 0 Å². The standard InChI is InChI=1S/C25H42N6O.HI/c1-3-26-25(31-11-8-24(21-31)30-16-18-32-19-17-30)27-9-5-10-28-12-14-29(15-13-28)23-7-4-6-22(2)20-23;/h4,6-7,20,24H,3,5,8-19,21H2,1-2H3,(H,26,27);1H. The number of halogens is 1. The van der Waals surface area contributed by atoms with Crippen molar-refractivity contribution in [3.8, 4) is 0 Å². The summed E-state index contributed by atoms with van der Waals surface area (Å²) in [7, 11) is 0. The SMILES string of the molecule is CCNC(=NCCCN1CCN(c2cccc(C)c2)CC1)N1CCC(N2CCOCC2)C1.I. The molecule has 1 N–H and O–H groups in total. The second-order valence-electron chi connectivity index (χ2n) is 9.29. The quantitative estimate of drug-likeness (QED) is 0.236. The number of ether oxygens (including phenoxy) is 1. The molecule has 3 heterocycles. The van der Waals surface area contributed by atoms with Crippen LogP contribution in [0.2, 0.25) is 0 Å². The molecule has 1 aromatic carbocycles. The Morgan fingerprint density at radius 3 is 2.61 bits per heavy atom. The number of piperazine rings is 1. The topological polar surface area (TPSA) is 46.6 Å². The molecule has 0 bridgehead atoms. The molecular formula is C25H43IN6O. The number of aryl methyl sites for hydroxylation is 1. The third-order valence-corrected chi connectivity index (χ3v) is 6.99. The van der Waals surface area contributed by atoms with E-state index in [4.69, 9.17) is 9.73 Å². The fourth-order valence-corrected chi connectivity index (χ4v) is 5.13. The number of hydrogen-bond acceptors (Lipinski definition) is 5. The third-order valence-electron chi connectivity index (χ3n) is 6.99. The van der Waals surface area contributed by atoms with Gasteiger partial charge >= 0.3 is 0 Å². The molecule has 3 fully saturated rings. The highest BCUT2D eigenvalue weighted by atomic mass is 127. The Morgan fingerprint density at radius 1 is 1.09 bits per heavy atom. The van der Waals surface area contributed by atoms with E-state index in [1.807, 2.05) is 0 Å². The van der Waals surface area contributed by atoms with E-state index in [1.165, 1.54) is 17.7 Å². The summed E-state index contributed by atoms with van der Waals surface area (Å²) in [5, 5.41) is 3.53. The lowest BCUT2D eigenvalue weighted by atomic mass is 10.2. The zero-order valence-corrected chi connectivity index (χ0v) is 22.9. The summed E-state index contributed by atoms with van der Waals surface area (Å²) in [6, 6.07) is 9.52. The maximum atomic E-state index is 5.52. The van der Waals surface area contributed by atoms with Crippen LogP contribution in [-0.4, -0.2) is 112 Å². The van der Waals surface area contributed by atoms with Gasteiger partial charge in [-0.15, -0.1) is 24.0 Å². The maximum absolute atomic E-state index is 5.52. The Hall–Kier alpha value is -1.10. The van der Waals surface area contributed by atoms with Crippen LogP contribution in [0.5, 0.6) is 0 Å². The van der Waals surface area contributed by atoms with Crippen LogP contribution in [-0.2, 0) is 4.74 Å². The largest absolute Gasteiger partial charge is 0.379 e. The number of morpholine rings is 1. The lowest BCUT2D eigenvalue weighted by Gasteiger charge is -2.36. The highest BCUT2D eigenvalue weighted by Gasteiger charge is 2.30. The highest BCUT2D eigenvalue weighted by Crippen LogP contribution is 2.19. The van der Waals surface area contributed by atoms with E-state index < -0.39 is 0 Å². The zero-order chi connectivity index (χ0) is 22.2. The minimum Gasteiger partial charge on any atom is -0.379 e. The van der Waals surface area contributed by atoms with Crippen molar-refractivity contribution in [2.45, 2.75) is 32.7 Å². The van der Waals surface area contributed by atoms with E-state index in [9.17, 15) is 0 Å². The zero-order valence-electron chi connectivity index (χ0n) is 20.5. The summed E-state index contributed by atoms with van der Waals surface area (Å²) >= 11 is 0. The number of anilines is 1. The van der Waals surface area contributed by atoms with Gasteiger partial charge in [0.2, 0.25) is 0 Å². The number of nitrogens with zero attached hydrogens (tertiary/aromatic N) is 5. The van der Waals surface area contributed by atoms with E-state index in [2.05, 4.69) is 63.0 Å². The number of aliphatic imine (C=N–C) groups is 1. The molecule has 186 valence electrons. The van der Waals surface area contributed by atoms with Gasteiger partial charge in [0.05, 0.1) is 13.2 Å². The van der Waals surface area contributed by atoms with Crippen LogP contribution < -0.4 is 10.2 Å². The number of rotatable bonds is 7. The smallest absolute Gasteiger partial charge is 0.193 e. The van der Waals surface area contributed by atoms with Crippen LogP contribution in [0.3, 0.4) is 0 Å². The van der Waals surface area contributed by atoms with Crippen LogP contribution in [0.4, 0.5) is 5.69 Å².